The quantitative estimate of drug-likeness (QED) is 0.522. The molecule has 1 aliphatic rings. The highest BCUT2D eigenvalue weighted by Gasteiger charge is 2.36. The second kappa shape index (κ2) is 6.56. The molecule has 7 nitrogen and oxygen atoms in total. The molecule has 0 fully saturated rings. The van der Waals surface area contributed by atoms with Gasteiger partial charge in [-0.1, -0.05) is 12.1 Å². The number of rotatable bonds is 4. The molecule has 1 aliphatic heterocycles. The molecule has 0 unspecified atom stereocenters. The Labute approximate surface area is 143 Å². The van der Waals surface area contributed by atoms with Crippen LogP contribution in [0.15, 0.2) is 48.5 Å². The van der Waals surface area contributed by atoms with Crippen molar-refractivity contribution in [2.75, 3.05) is 11.9 Å². The van der Waals surface area contributed by atoms with E-state index in [0.29, 0.717) is 5.69 Å². The maximum absolute atomic E-state index is 12.2. The maximum atomic E-state index is 12.2. The summed E-state index contributed by atoms with van der Waals surface area (Å²) >= 11 is 0. The summed E-state index contributed by atoms with van der Waals surface area (Å²) in [6.07, 6.45) is 0. The van der Waals surface area contributed by atoms with Crippen LogP contribution in [0.4, 0.5) is 5.69 Å². The summed E-state index contributed by atoms with van der Waals surface area (Å²) in [5.41, 5.74) is 1.12. The highest BCUT2D eigenvalue weighted by Crippen LogP contribution is 2.22. The SMILES string of the molecule is CC(=O)Nc1ccc(OC(=O)CN2C(=O)c3ccccc3C2=O)cc1. The molecule has 0 saturated heterocycles. The van der Waals surface area contributed by atoms with Gasteiger partial charge in [0.2, 0.25) is 5.91 Å². The third kappa shape index (κ3) is 3.40. The van der Waals surface area contributed by atoms with Gasteiger partial charge in [0.05, 0.1) is 11.1 Å². The predicted molar refractivity (Wildman–Crippen MR) is 88.2 cm³/mol. The van der Waals surface area contributed by atoms with Gasteiger partial charge in [-0.05, 0) is 36.4 Å². The molecule has 126 valence electrons. The molecule has 2 aromatic carbocycles. The first-order chi connectivity index (χ1) is 12.0. The topological polar surface area (TPSA) is 92.8 Å². The second-order valence-corrected chi connectivity index (χ2v) is 5.42. The molecule has 1 heterocycles. The Morgan fingerprint density at radius 1 is 0.960 bits per heavy atom. The van der Waals surface area contributed by atoms with E-state index in [1.165, 1.54) is 19.1 Å². The van der Waals surface area contributed by atoms with Crippen LogP contribution in [-0.2, 0) is 9.59 Å². The van der Waals surface area contributed by atoms with Crippen LogP contribution in [-0.4, -0.2) is 35.1 Å². The monoisotopic (exact) mass is 338 g/mol. The molecular weight excluding hydrogens is 324 g/mol. The van der Waals surface area contributed by atoms with Gasteiger partial charge in [-0.2, -0.15) is 0 Å². The van der Waals surface area contributed by atoms with E-state index in [1.807, 2.05) is 0 Å². The van der Waals surface area contributed by atoms with E-state index in [9.17, 15) is 19.2 Å². The molecule has 0 aliphatic carbocycles. The number of benzene rings is 2. The van der Waals surface area contributed by atoms with Gasteiger partial charge in [0.15, 0.2) is 0 Å². The Bertz CT molecular complexity index is 838. The smallest absolute Gasteiger partial charge is 0.331 e. The van der Waals surface area contributed by atoms with E-state index in [2.05, 4.69) is 5.32 Å². The highest BCUT2D eigenvalue weighted by atomic mass is 16.5. The van der Waals surface area contributed by atoms with Crippen molar-refractivity contribution in [2.24, 2.45) is 0 Å². The number of carbonyl (C=O) groups excluding carboxylic acids is 4. The third-order valence-electron chi connectivity index (χ3n) is 3.57. The second-order valence-electron chi connectivity index (χ2n) is 5.42. The lowest BCUT2D eigenvalue weighted by molar-refractivity contribution is -0.134. The average Bonchev–Trinajstić information content (AvgIpc) is 2.82. The van der Waals surface area contributed by atoms with Crippen LogP contribution in [0.3, 0.4) is 0 Å². The number of fused-ring (bicyclic) bond motifs is 1. The number of carbonyl (C=O) groups is 4. The largest absolute Gasteiger partial charge is 0.425 e. The molecule has 0 spiro atoms. The minimum atomic E-state index is -0.734. The van der Waals surface area contributed by atoms with Crippen molar-refractivity contribution in [3.63, 3.8) is 0 Å². The molecular formula is C18H14N2O5. The first-order valence-corrected chi connectivity index (χ1v) is 7.49. The number of imide groups is 1. The zero-order chi connectivity index (χ0) is 18.0. The number of hydrogen-bond acceptors (Lipinski definition) is 5. The Morgan fingerprint density at radius 3 is 2.04 bits per heavy atom. The van der Waals surface area contributed by atoms with Gasteiger partial charge in [0.25, 0.3) is 11.8 Å². The van der Waals surface area contributed by atoms with Crippen LogP contribution in [0.5, 0.6) is 5.75 Å². The third-order valence-corrected chi connectivity index (χ3v) is 3.57. The van der Waals surface area contributed by atoms with Crippen molar-refractivity contribution in [2.45, 2.75) is 6.92 Å². The summed E-state index contributed by atoms with van der Waals surface area (Å²) in [6, 6.07) is 12.6. The Kier molecular flexibility index (Phi) is 4.30. The zero-order valence-electron chi connectivity index (χ0n) is 13.3. The summed E-state index contributed by atoms with van der Waals surface area (Å²) < 4.78 is 5.13. The normalized spacial score (nSPS) is 12.8. The zero-order valence-corrected chi connectivity index (χ0v) is 13.3. The summed E-state index contributed by atoms with van der Waals surface area (Å²) in [5.74, 6) is -1.73. The lowest BCUT2D eigenvalue weighted by atomic mass is 10.1. The molecule has 7 heteroatoms. The van der Waals surface area contributed by atoms with Crippen LogP contribution < -0.4 is 10.1 Å². The molecule has 0 radical (unpaired) electrons. The van der Waals surface area contributed by atoms with E-state index in [-0.39, 0.29) is 22.8 Å². The van der Waals surface area contributed by atoms with Gasteiger partial charge < -0.3 is 10.1 Å². The van der Waals surface area contributed by atoms with Crippen LogP contribution in [0.25, 0.3) is 0 Å². The van der Waals surface area contributed by atoms with E-state index in [0.717, 1.165) is 4.90 Å². The maximum Gasteiger partial charge on any atom is 0.331 e. The number of hydrogen-bond donors (Lipinski definition) is 1. The Hall–Kier alpha value is -3.48. The summed E-state index contributed by atoms with van der Waals surface area (Å²) in [4.78, 5) is 48.3. The number of nitrogens with zero attached hydrogens (tertiary/aromatic N) is 1. The van der Waals surface area contributed by atoms with Crippen molar-refractivity contribution >= 4 is 29.4 Å². The van der Waals surface area contributed by atoms with Gasteiger partial charge in [0, 0.05) is 12.6 Å². The van der Waals surface area contributed by atoms with E-state index >= 15 is 0 Å². The molecule has 0 aromatic heterocycles. The van der Waals surface area contributed by atoms with Crippen molar-refractivity contribution in [1.82, 2.24) is 4.90 Å². The summed E-state index contributed by atoms with van der Waals surface area (Å²) in [6.45, 7) is 0.913. The molecule has 1 N–H and O–H groups in total. The van der Waals surface area contributed by atoms with E-state index in [1.54, 1.807) is 36.4 Å². The highest BCUT2D eigenvalue weighted by molar-refractivity contribution is 6.22. The fourth-order valence-corrected chi connectivity index (χ4v) is 2.49. The first-order valence-electron chi connectivity index (χ1n) is 7.49. The van der Waals surface area contributed by atoms with Crippen LogP contribution in [0.2, 0.25) is 0 Å². The van der Waals surface area contributed by atoms with Gasteiger partial charge in [0.1, 0.15) is 12.3 Å². The minimum Gasteiger partial charge on any atom is -0.425 e. The van der Waals surface area contributed by atoms with Crippen molar-refractivity contribution in [1.29, 1.82) is 0 Å². The van der Waals surface area contributed by atoms with E-state index < -0.39 is 24.3 Å². The minimum absolute atomic E-state index is 0.213. The fraction of sp³-hybridized carbons (Fsp3) is 0.111. The number of anilines is 1. The molecule has 3 amide bonds. The van der Waals surface area contributed by atoms with Crippen molar-refractivity contribution in [3.05, 3.63) is 59.7 Å². The van der Waals surface area contributed by atoms with Gasteiger partial charge in [-0.15, -0.1) is 0 Å². The number of esters is 1. The molecule has 2 aromatic rings. The summed E-state index contributed by atoms with van der Waals surface area (Å²) in [5, 5.41) is 2.59. The standard InChI is InChI=1S/C18H14N2O5/c1-11(21)19-12-6-8-13(9-7-12)25-16(22)10-20-17(23)14-4-2-3-5-15(14)18(20)24/h2-9H,10H2,1H3,(H,19,21). The van der Waals surface area contributed by atoms with Crippen molar-refractivity contribution in [3.8, 4) is 5.75 Å². The Balaban J connectivity index is 1.65. The molecule has 0 atom stereocenters. The van der Waals surface area contributed by atoms with Gasteiger partial charge in [-0.25, -0.2) is 4.79 Å². The lowest BCUT2D eigenvalue weighted by Crippen LogP contribution is -2.36. The molecule has 0 saturated carbocycles. The predicted octanol–water partition coefficient (Wildman–Crippen LogP) is 1.85. The molecule has 0 bridgehead atoms. The van der Waals surface area contributed by atoms with Crippen LogP contribution in [0.1, 0.15) is 27.6 Å². The van der Waals surface area contributed by atoms with Crippen LogP contribution >= 0.6 is 0 Å². The van der Waals surface area contributed by atoms with Gasteiger partial charge >= 0.3 is 5.97 Å². The summed E-state index contributed by atoms with van der Waals surface area (Å²) in [7, 11) is 0. The molecule has 3 rings (SSSR count). The average molecular weight is 338 g/mol. The lowest BCUT2D eigenvalue weighted by Gasteiger charge is -2.13. The molecule has 25 heavy (non-hydrogen) atoms. The number of amides is 3. The van der Waals surface area contributed by atoms with Crippen molar-refractivity contribution < 1.29 is 23.9 Å². The fourth-order valence-electron chi connectivity index (χ4n) is 2.49. The Morgan fingerprint density at radius 2 is 1.52 bits per heavy atom. The first kappa shape index (κ1) is 16.4. The number of nitrogens with one attached hydrogen (secondary N) is 1. The number of ether oxygens (including phenoxy) is 1. The van der Waals surface area contributed by atoms with Gasteiger partial charge in [-0.3, -0.25) is 19.3 Å². The van der Waals surface area contributed by atoms with E-state index in [4.69, 9.17) is 4.74 Å². The van der Waals surface area contributed by atoms with Crippen LogP contribution in [0, 0.1) is 0 Å².